The van der Waals surface area contributed by atoms with Crippen LogP contribution in [0.1, 0.15) is 36.8 Å². The number of ether oxygens (including phenoxy) is 1. The van der Waals surface area contributed by atoms with E-state index in [9.17, 15) is 9.59 Å². The first kappa shape index (κ1) is 21.2. The van der Waals surface area contributed by atoms with Gasteiger partial charge in [0.05, 0.1) is 6.42 Å². The lowest BCUT2D eigenvalue weighted by Crippen LogP contribution is -2.45. The molecule has 0 spiro atoms. The van der Waals surface area contributed by atoms with Gasteiger partial charge in [-0.2, -0.15) is 0 Å². The molecule has 0 saturated heterocycles. The zero-order valence-electron chi connectivity index (χ0n) is 16.6. The van der Waals surface area contributed by atoms with Crippen LogP contribution >= 0.6 is 11.6 Å². The van der Waals surface area contributed by atoms with Crippen molar-refractivity contribution in [3.63, 3.8) is 0 Å². The Morgan fingerprint density at radius 2 is 1.45 bits per heavy atom. The number of nitrogens with one attached hydrogen (secondary N) is 2. The van der Waals surface area contributed by atoms with Crippen molar-refractivity contribution >= 4 is 23.4 Å². The highest BCUT2D eigenvalue weighted by atomic mass is 35.5. The van der Waals surface area contributed by atoms with E-state index < -0.39 is 0 Å². The van der Waals surface area contributed by atoms with E-state index in [1.165, 1.54) is 5.56 Å². The van der Waals surface area contributed by atoms with E-state index in [1.54, 1.807) is 24.3 Å². The number of benzene rings is 2. The van der Waals surface area contributed by atoms with Gasteiger partial charge in [-0.15, -0.1) is 0 Å². The number of amides is 2. The standard InChI is InChI=1S/C23H27ClN2O3/c1-16-2-4-17(5-3-16)14-22(27)25-19-8-10-20(11-9-19)26-23(28)15-29-21-12-6-18(24)7-13-21/h2-7,12-13,19-20H,8-11,14-15H2,1H3,(H,25,27)(H,26,28). The van der Waals surface area contributed by atoms with Gasteiger partial charge in [-0.25, -0.2) is 0 Å². The molecule has 2 amide bonds. The van der Waals surface area contributed by atoms with Crippen LogP contribution < -0.4 is 15.4 Å². The van der Waals surface area contributed by atoms with E-state index in [-0.39, 0.29) is 30.5 Å². The smallest absolute Gasteiger partial charge is 0.258 e. The average molecular weight is 415 g/mol. The van der Waals surface area contributed by atoms with Gasteiger partial charge >= 0.3 is 0 Å². The molecule has 2 aromatic carbocycles. The highest BCUT2D eigenvalue weighted by Crippen LogP contribution is 2.19. The Labute approximate surface area is 176 Å². The summed E-state index contributed by atoms with van der Waals surface area (Å²) in [6, 6.07) is 15.3. The molecule has 0 atom stereocenters. The number of hydrogen-bond donors (Lipinski definition) is 2. The predicted molar refractivity (Wildman–Crippen MR) is 114 cm³/mol. The van der Waals surface area contributed by atoms with Crippen LogP contribution in [0.2, 0.25) is 5.02 Å². The summed E-state index contributed by atoms with van der Waals surface area (Å²) >= 11 is 5.83. The largest absolute Gasteiger partial charge is 0.484 e. The minimum Gasteiger partial charge on any atom is -0.484 e. The van der Waals surface area contributed by atoms with Gasteiger partial charge in [0.2, 0.25) is 5.91 Å². The number of rotatable bonds is 7. The van der Waals surface area contributed by atoms with E-state index in [4.69, 9.17) is 16.3 Å². The van der Waals surface area contributed by atoms with Crippen molar-refractivity contribution in [2.24, 2.45) is 0 Å². The monoisotopic (exact) mass is 414 g/mol. The van der Waals surface area contributed by atoms with Crippen LogP contribution in [-0.4, -0.2) is 30.5 Å². The molecular formula is C23H27ClN2O3. The minimum absolute atomic E-state index is 0.0190. The summed E-state index contributed by atoms with van der Waals surface area (Å²) in [6.45, 7) is 2.01. The summed E-state index contributed by atoms with van der Waals surface area (Å²) in [6.07, 6.45) is 3.83. The third kappa shape index (κ3) is 7.09. The number of hydrogen-bond acceptors (Lipinski definition) is 3. The van der Waals surface area contributed by atoms with Gasteiger partial charge in [0.1, 0.15) is 5.75 Å². The summed E-state index contributed by atoms with van der Waals surface area (Å²) < 4.78 is 5.47. The number of carbonyl (C=O) groups excluding carboxylic acids is 2. The quantitative estimate of drug-likeness (QED) is 0.723. The fourth-order valence-corrected chi connectivity index (χ4v) is 3.63. The predicted octanol–water partition coefficient (Wildman–Crippen LogP) is 3.81. The molecule has 0 radical (unpaired) electrons. The topological polar surface area (TPSA) is 67.4 Å². The maximum atomic E-state index is 12.3. The molecule has 0 aromatic heterocycles. The first-order valence-electron chi connectivity index (χ1n) is 10.0. The summed E-state index contributed by atoms with van der Waals surface area (Å²) in [5.74, 6) is 0.536. The van der Waals surface area contributed by atoms with Crippen molar-refractivity contribution in [1.29, 1.82) is 0 Å². The average Bonchev–Trinajstić information content (AvgIpc) is 2.71. The van der Waals surface area contributed by atoms with Gasteiger partial charge < -0.3 is 15.4 Å². The molecule has 5 nitrogen and oxygen atoms in total. The molecule has 1 saturated carbocycles. The second-order valence-electron chi connectivity index (χ2n) is 7.59. The molecular weight excluding hydrogens is 388 g/mol. The Morgan fingerprint density at radius 3 is 2.03 bits per heavy atom. The molecule has 2 aromatic rings. The maximum Gasteiger partial charge on any atom is 0.258 e. The Balaban J connectivity index is 1.34. The van der Waals surface area contributed by atoms with Crippen LogP contribution in [0.4, 0.5) is 0 Å². The van der Waals surface area contributed by atoms with E-state index in [0.29, 0.717) is 17.2 Å². The van der Waals surface area contributed by atoms with E-state index in [1.807, 2.05) is 31.2 Å². The lowest BCUT2D eigenvalue weighted by atomic mass is 9.91. The van der Waals surface area contributed by atoms with Crippen molar-refractivity contribution in [2.45, 2.75) is 51.1 Å². The van der Waals surface area contributed by atoms with E-state index in [0.717, 1.165) is 31.2 Å². The molecule has 29 heavy (non-hydrogen) atoms. The lowest BCUT2D eigenvalue weighted by molar-refractivity contribution is -0.124. The molecule has 3 rings (SSSR count). The Morgan fingerprint density at radius 1 is 0.897 bits per heavy atom. The second-order valence-corrected chi connectivity index (χ2v) is 8.02. The van der Waals surface area contributed by atoms with Gasteiger partial charge in [-0.3, -0.25) is 9.59 Å². The summed E-state index contributed by atoms with van der Waals surface area (Å²) in [5.41, 5.74) is 2.21. The van der Waals surface area contributed by atoms with Crippen LogP contribution in [0.5, 0.6) is 5.75 Å². The fraction of sp³-hybridized carbons (Fsp3) is 0.391. The van der Waals surface area contributed by atoms with Crippen molar-refractivity contribution < 1.29 is 14.3 Å². The molecule has 1 aliphatic carbocycles. The van der Waals surface area contributed by atoms with Crippen LogP contribution in [0.25, 0.3) is 0 Å². The molecule has 0 unspecified atom stereocenters. The molecule has 1 fully saturated rings. The van der Waals surface area contributed by atoms with Crippen molar-refractivity contribution in [3.8, 4) is 5.75 Å². The highest BCUT2D eigenvalue weighted by molar-refractivity contribution is 6.30. The molecule has 154 valence electrons. The third-order valence-corrected chi connectivity index (χ3v) is 5.38. The van der Waals surface area contributed by atoms with Gasteiger partial charge in [-0.05, 0) is 62.4 Å². The Kier molecular flexibility index (Phi) is 7.53. The first-order valence-corrected chi connectivity index (χ1v) is 10.4. The fourth-order valence-electron chi connectivity index (χ4n) is 3.50. The highest BCUT2D eigenvalue weighted by Gasteiger charge is 2.23. The van der Waals surface area contributed by atoms with E-state index in [2.05, 4.69) is 10.6 Å². The zero-order chi connectivity index (χ0) is 20.6. The van der Waals surface area contributed by atoms with Crippen molar-refractivity contribution in [1.82, 2.24) is 10.6 Å². The summed E-state index contributed by atoms with van der Waals surface area (Å²) in [4.78, 5) is 24.4. The van der Waals surface area contributed by atoms with Gasteiger partial charge in [0.15, 0.2) is 6.61 Å². The summed E-state index contributed by atoms with van der Waals surface area (Å²) in [7, 11) is 0. The van der Waals surface area contributed by atoms with Crippen LogP contribution in [0.15, 0.2) is 48.5 Å². The summed E-state index contributed by atoms with van der Waals surface area (Å²) in [5, 5.41) is 6.77. The molecule has 0 bridgehead atoms. The number of carbonyl (C=O) groups is 2. The van der Waals surface area contributed by atoms with Crippen LogP contribution in [0.3, 0.4) is 0 Å². The lowest BCUT2D eigenvalue weighted by Gasteiger charge is -2.29. The molecule has 2 N–H and O–H groups in total. The zero-order valence-corrected chi connectivity index (χ0v) is 17.4. The van der Waals surface area contributed by atoms with Crippen LogP contribution in [0, 0.1) is 6.92 Å². The van der Waals surface area contributed by atoms with Crippen molar-refractivity contribution in [3.05, 3.63) is 64.7 Å². The molecule has 6 heteroatoms. The third-order valence-electron chi connectivity index (χ3n) is 5.13. The Hall–Kier alpha value is -2.53. The minimum atomic E-state index is -0.133. The normalized spacial score (nSPS) is 18.7. The van der Waals surface area contributed by atoms with E-state index >= 15 is 0 Å². The first-order chi connectivity index (χ1) is 14.0. The molecule has 1 aliphatic rings. The van der Waals surface area contributed by atoms with Gasteiger partial charge in [0.25, 0.3) is 5.91 Å². The number of halogens is 1. The maximum absolute atomic E-state index is 12.3. The van der Waals surface area contributed by atoms with Gasteiger partial charge in [-0.1, -0.05) is 41.4 Å². The Bertz CT molecular complexity index is 813. The van der Waals surface area contributed by atoms with Crippen LogP contribution in [-0.2, 0) is 16.0 Å². The van der Waals surface area contributed by atoms with Crippen molar-refractivity contribution in [2.75, 3.05) is 6.61 Å². The second kappa shape index (κ2) is 10.3. The molecule has 0 heterocycles. The molecule has 0 aliphatic heterocycles. The van der Waals surface area contributed by atoms with Gasteiger partial charge in [0, 0.05) is 17.1 Å². The number of aryl methyl sites for hydroxylation is 1. The SMILES string of the molecule is Cc1ccc(CC(=O)NC2CCC(NC(=O)COc3ccc(Cl)cc3)CC2)cc1.